The molecule has 0 saturated heterocycles. The Labute approximate surface area is 114 Å². The van der Waals surface area contributed by atoms with E-state index in [9.17, 15) is 9.18 Å². The standard InChI is InChI=1S/C15H13FN2O2/c1-17-11-4-3-10(16)7-9(11)8-14(17)12-5-6-13(15(19)20)18(12)2/h3-8H,1-2H3,(H,19,20). The third-order valence-electron chi connectivity index (χ3n) is 3.61. The van der Waals surface area contributed by atoms with E-state index in [0.717, 1.165) is 22.3 Å². The zero-order chi connectivity index (χ0) is 14.4. The fourth-order valence-corrected chi connectivity index (χ4v) is 2.55. The van der Waals surface area contributed by atoms with Crippen LogP contribution in [0.3, 0.4) is 0 Å². The van der Waals surface area contributed by atoms with Gasteiger partial charge in [-0.2, -0.15) is 0 Å². The Morgan fingerprint density at radius 1 is 1.05 bits per heavy atom. The van der Waals surface area contributed by atoms with Crippen molar-refractivity contribution in [3.8, 4) is 11.4 Å². The summed E-state index contributed by atoms with van der Waals surface area (Å²) in [5.41, 5.74) is 2.75. The lowest BCUT2D eigenvalue weighted by molar-refractivity contribution is 0.0686. The molecule has 1 N–H and O–H groups in total. The summed E-state index contributed by atoms with van der Waals surface area (Å²) in [7, 11) is 3.58. The van der Waals surface area contributed by atoms with Gasteiger partial charge in [0.05, 0.1) is 11.4 Å². The molecular weight excluding hydrogens is 259 g/mol. The number of aromatic nitrogens is 2. The van der Waals surface area contributed by atoms with Gasteiger partial charge in [0.25, 0.3) is 0 Å². The summed E-state index contributed by atoms with van der Waals surface area (Å²) >= 11 is 0. The number of aromatic carboxylic acids is 1. The number of benzene rings is 1. The van der Waals surface area contributed by atoms with Crippen molar-refractivity contribution in [2.75, 3.05) is 0 Å². The summed E-state index contributed by atoms with van der Waals surface area (Å²) in [6, 6.07) is 9.79. The minimum Gasteiger partial charge on any atom is -0.477 e. The Morgan fingerprint density at radius 2 is 1.80 bits per heavy atom. The molecule has 20 heavy (non-hydrogen) atoms. The van der Waals surface area contributed by atoms with Crippen LogP contribution >= 0.6 is 0 Å². The van der Waals surface area contributed by atoms with Crippen molar-refractivity contribution in [3.05, 3.63) is 47.9 Å². The van der Waals surface area contributed by atoms with Gasteiger partial charge in [-0.15, -0.1) is 0 Å². The molecule has 0 amide bonds. The van der Waals surface area contributed by atoms with Crippen LogP contribution in [-0.4, -0.2) is 20.2 Å². The number of rotatable bonds is 2. The van der Waals surface area contributed by atoms with Crippen LogP contribution < -0.4 is 0 Å². The van der Waals surface area contributed by atoms with E-state index >= 15 is 0 Å². The molecule has 0 aliphatic heterocycles. The van der Waals surface area contributed by atoms with Crippen molar-refractivity contribution >= 4 is 16.9 Å². The molecule has 2 heterocycles. The van der Waals surface area contributed by atoms with Crippen LogP contribution in [0.1, 0.15) is 10.5 Å². The largest absolute Gasteiger partial charge is 0.477 e. The molecule has 102 valence electrons. The smallest absolute Gasteiger partial charge is 0.352 e. The fourth-order valence-electron chi connectivity index (χ4n) is 2.55. The zero-order valence-electron chi connectivity index (χ0n) is 11.1. The first-order valence-electron chi connectivity index (χ1n) is 6.13. The van der Waals surface area contributed by atoms with Gasteiger partial charge in [-0.05, 0) is 36.4 Å². The molecule has 0 spiro atoms. The molecule has 0 saturated carbocycles. The van der Waals surface area contributed by atoms with Crippen LogP contribution in [0.15, 0.2) is 36.4 Å². The number of hydrogen-bond donors (Lipinski definition) is 1. The van der Waals surface area contributed by atoms with E-state index in [-0.39, 0.29) is 11.5 Å². The quantitative estimate of drug-likeness (QED) is 0.779. The summed E-state index contributed by atoms with van der Waals surface area (Å²) in [5, 5.41) is 9.89. The molecule has 3 rings (SSSR count). The lowest BCUT2D eigenvalue weighted by Gasteiger charge is -2.07. The van der Waals surface area contributed by atoms with Gasteiger partial charge in [-0.25, -0.2) is 9.18 Å². The van der Waals surface area contributed by atoms with Crippen molar-refractivity contribution in [2.45, 2.75) is 0 Å². The van der Waals surface area contributed by atoms with Gasteiger partial charge in [0.2, 0.25) is 0 Å². The van der Waals surface area contributed by atoms with Crippen molar-refractivity contribution in [1.29, 1.82) is 0 Å². The first-order valence-corrected chi connectivity index (χ1v) is 6.13. The van der Waals surface area contributed by atoms with Crippen molar-refractivity contribution in [1.82, 2.24) is 9.13 Å². The van der Waals surface area contributed by atoms with Gasteiger partial charge >= 0.3 is 5.97 Å². The molecule has 3 aromatic rings. The maximum Gasteiger partial charge on any atom is 0.352 e. The number of carboxylic acids is 1. The molecule has 0 atom stereocenters. The average Bonchev–Trinajstić information content (AvgIpc) is 2.90. The molecule has 1 aromatic carbocycles. The lowest BCUT2D eigenvalue weighted by atomic mass is 10.2. The van der Waals surface area contributed by atoms with Crippen LogP contribution in [0.25, 0.3) is 22.3 Å². The number of nitrogens with zero attached hydrogens (tertiary/aromatic N) is 2. The highest BCUT2D eigenvalue weighted by Gasteiger charge is 2.15. The predicted molar refractivity (Wildman–Crippen MR) is 74.2 cm³/mol. The Hall–Kier alpha value is -2.56. The van der Waals surface area contributed by atoms with Crippen LogP contribution in [0, 0.1) is 5.82 Å². The molecule has 4 nitrogen and oxygen atoms in total. The first-order chi connectivity index (χ1) is 9.49. The maximum atomic E-state index is 13.3. The Balaban J connectivity index is 2.25. The SMILES string of the molecule is Cn1c(C(=O)O)ccc1-c1cc2cc(F)ccc2n1C. The summed E-state index contributed by atoms with van der Waals surface area (Å²) in [6.07, 6.45) is 0. The topological polar surface area (TPSA) is 47.2 Å². The molecule has 0 aliphatic carbocycles. The minimum atomic E-state index is -0.969. The molecule has 0 radical (unpaired) electrons. The summed E-state index contributed by atoms with van der Waals surface area (Å²) in [5.74, 6) is -1.25. The summed E-state index contributed by atoms with van der Waals surface area (Å²) < 4.78 is 16.8. The first kappa shape index (κ1) is 12.5. The molecule has 0 aliphatic rings. The van der Waals surface area contributed by atoms with Crippen LogP contribution in [0.2, 0.25) is 0 Å². The molecular formula is C15H13FN2O2. The van der Waals surface area contributed by atoms with E-state index < -0.39 is 5.97 Å². The number of carboxylic acid groups (broad SMARTS) is 1. The monoisotopic (exact) mass is 272 g/mol. The van der Waals surface area contributed by atoms with E-state index in [4.69, 9.17) is 5.11 Å². The van der Waals surface area contributed by atoms with E-state index in [1.165, 1.54) is 12.1 Å². The van der Waals surface area contributed by atoms with Gasteiger partial charge in [0.1, 0.15) is 11.5 Å². The normalized spacial score (nSPS) is 11.2. The van der Waals surface area contributed by atoms with Gasteiger partial charge < -0.3 is 14.2 Å². The van der Waals surface area contributed by atoms with Crippen LogP contribution in [0.5, 0.6) is 0 Å². The van der Waals surface area contributed by atoms with Gasteiger partial charge in [0.15, 0.2) is 0 Å². The highest BCUT2D eigenvalue weighted by Crippen LogP contribution is 2.28. The van der Waals surface area contributed by atoms with Crippen molar-refractivity contribution < 1.29 is 14.3 Å². The lowest BCUT2D eigenvalue weighted by Crippen LogP contribution is -2.06. The second-order valence-corrected chi connectivity index (χ2v) is 4.76. The van der Waals surface area contributed by atoms with Gasteiger partial charge in [-0.3, -0.25) is 0 Å². The molecule has 2 aromatic heterocycles. The third-order valence-corrected chi connectivity index (χ3v) is 3.61. The van der Waals surface area contributed by atoms with E-state index in [0.29, 0.717) is 0 Å². The molecule has 0 bridgehead atoms. The highest BCUT2D eigenvalue weighted by molar-refractivity contribution is 5.90. The van der Waals surface area contributed by atoms with Crippen LogP contribution in [0.4, 0.5) is 4.39 Å². The Bertz CT molecular complexity index is 830. The van der Waals surface area contributed by atoms with E-state index in [2.05, 4.69) is 0 Å². The highest BCUT2D eigenvalue weighted by atomic mass is 19.1. The summed E-state index contributed by atoms with van der Waals surface area (Å²) in [4.78, 5) is 11.1. The van der Waals surface area contributed by atoms with Crippen LogP contribution in [-0.2, 0) is 14.1 Å². The number of fused-ring (bicyclic) bond motifs is 1. The number of halogens is 1. The molecule has 0 unspecified atom stereocenters. The minimum absolute atomic E-state index is 0.219. The molecule has 5 heteroatoms. The average molecular weight is 272 g/mol. The zero-order valence-corrected chi connectivity index (χ0v) is 11.1. The maximum absolute atomic E-state index is 13.3. The van der Waals surface area contributed by atoms with Crippen molar-refractivity contribution in [3.63, 3.8) is 0 Å². The second kappa shape index (κ2) is 4.23. The van der Waals surface area contributed by atoms with Gasteiger partial charge in [0, 0.05) is 25.0 Å². The third kappa shape index (κ3) is 1.71. The van der Waals surface area contributed by atoms with E-state index in [1.54, 1.807) is 29.8 Å². The van der Waals surface area contributed by atoms with Crippen molar-refractivity contribution in [2.24, 2.45) is 14.1 Å². The summed E-state index contributed by atoms with van der Waals surface area (Å²) in [6.45, 7) is 0. The molecule has 0 fully saturated rings. The predicted octanol–water partition coefficient (Wildman–Crippen LogP) is 3.02. The van der Waals surface area contributed by atoms with Gasteiger partial charge in [-0.1, -0.05) is 0 Å². The Morgan fingerprint density at radius 3 is 2.45 bits per heavy atom. The Kier molecular flexibility index (Phi) is 2.64. The number of hydrogen-bond acceptors (Lipinski definition) is 1. The van der Waals surface area contributed by atoms with E-state index in [1.807, 2.05) is 17.7 Å². The fraction of sp³-hybridized carbons (Fsp3) is 0.133. The number of carbonyl (C=O) groups is 1. The second-order valence-electron chi connectivity index (χ2n) is 4.76. The number of aryl methyl sites for hydroxylation is 1.